The van der Waals surface area contributed by atoms with Crippen molar-refractivity contribution in [2.75, 3.05) is 11.1 Å². The van der Waals surface area contributed by atoms with Gasteiger partial charge in [0.15, 0.2) is 0 Å². The van der Waals surface area contributed by atoms with Gasteiger partial charge in [0.2, 0.25) is 0 Å². The lowest BCUT2D eigenvalue weighted by molar-refractivity contribution is -0.140. The number of aliphatic carboxylic acids is 1. The molecule has 1 rings (SSSR count). The van der Waals surface area contributed by atoms with Crippen molar-refractivity contribution in [2.45, 2.75) is 6.92 Å². The number of para-hydroxylation sites is 1. The van der Waals surface area contributed by atoms with Crippen molar-refractivity contribution in [1.82, 2.24) is 0 Å². The van der Waals surface area contributed by atoms with Gasteiger partial charge in [-0.3, -0.25) is 9.59 Å². The zero-order valence-electron chi connectivity index (χ0n) is 9.14. The number of nitrogens with one attached hydrogen (secondary N) is 1. The molecule has 0 aliphatic carbocycles. The fraction of sp³-hybridized carbons (Fsp3) is 0.273. The molecule has 0 aromatic heterocycles. The molecule has 0 spiro atoms. The standard InChI is InChI=1S/C11H12FNO3S/c1-7(10(14)15)6-17-11(16)13-9-5-3-2-4-8(9)12/h2-5,7H,6H2,1H3,(H,13,16)(H,14,15). The van der Waals surface area contributed by atoms with Gasteiger partial charge in [0.1, 0.15) is 5.82 Å². The summed E-state index contributed by atoms with van der Waals surface area (Å²) in [4.78, 5) is 21.9. The van der Waals surface area contributed by atoms with Crippen LogP contribution in [0.3, 0.4) is 0 Å². The number of carboxylic acids is 1. The minimum absolute atomic E-state index is 0.0907. The van der Waals surface area contributed by atoms with E-state index in [1.54, 1.807) is 6.07 Å². The first kappa shape index (κ1) is 13.5. The molecule has 4 nitrogen and oxygen atoms in total. The largest absolute Gasteiger partial charge is 0.481 e. The van der Waals surface area contributed by atoms with Crippen LogP contribution < -0.4 is 5.32 Å². The molecule has 1 aromatic carbocycles. The summed E-state index contributed by atoms with van der Waals surface area (Å²) in [6.07, 6.45) is 0. The maximum absolute atomic E-state index is 13.2. The van der Waals surface area contributed by atoms with Gasteiger partial charge in [-0.1, -0.05) is 30.8 Å². The number of carboxylic acid groups (broad SMARTS) is 1. The van der Waals surface area contributed by atoms with Crippen molar-refractivity contribution in [3.05, 3.63) is 30.1 Å². The predicted octanol–water partition coefficient (Wildman–Crippen LogP) is 2.81. The zero-order valence-corrected chi connectivity index (χ0v) is 9.96. The van der Waals surface area contributed by atoms with Gasteiger partial charge in [-0.05, 0) is 12.1 Å². The maximum atomic E-state index is 13.2. The zero-order chi connectivity index (χ0) is 12.8. The molecule has 1 amide bonds. The third-order valence-electron chi connectivity index (χ3n) is 2.00. The monoisotopic (exact) mass is 257 g/mol. The number of carbonyl (C=O) groups is 2. The van der Waals surface area contributed by atoms with Gasteiger partial charge in [-0.15, -0.1) is 0 Å². The topological polar surface area (TPSA) is 66.4 Å². The van der Waals surface area contributed by atoms with Crippen LogP contribution in [0.2, 0.25) is 0 Å². The molecule has 1 atom stereocenters. The van der Waals surface area contributed by atoms with E-state index in [4.69, 9.17) is 5.11 Å². The Bertz CT molecular complexity index is 425. The second-order valence-electron chi connectivity index (χ2n) is 3.44. The molecule has 92 valence electrons. The number of anilines is 1. The van der Waals surface area contributed by atoms with Crippen LogP contribution in [-0.2, 0) is 4.79 Å². The summed E-state index contributed by atoms with van der Waals surface area (Å²) >= 11 is 0.819. The average molecular weight is 257 g/mol. The van der Waals surface area contributed by atoms with Crippen LogP contribution in [0.5, 0.6) is 0 Å². The van der Waals surface area contributed by atoms with E-state index >= 15 is 0 Å². The molecule has 0 fully saturated rings. The Hall–Kier alpha value is -1.56. The second-order valence-corrected chi connectivity index (χ2v) is 4.44. The van der Waals surface area contributed by atoms with Crippen LogP contribution in [0.1, 0.15) is 6.92 Å². The van der Waals surface area contributed by atoms with Crippen LogP contribution in [0.15, 0.2) is 24.3 Å². The number of hydrogen-bond acceptors (Lipinski definition) is 3. The molecule has 0 saturated carbocycles. The smallest absolute Gasteiger partial charge is 0.307 e. The van der Waals surface area contributed by atoms with Gasteiger partial charge in [0.05, 0.1) is 11.6 Å². The summed E-state index contributed by atoms with van der Waals surface area (Å²) in [5.41, 5.74) is 0.0907. The highest BCUT2D eigenvalue weighted by molar-refractivity contribution is 8.13. The SMILES string of the molecule is CC(CSC(=O)Nc1ccccc1F)C(=O)O. The molecule has 2 N–H and O–H groups in total. The van der Waals surface area contributed by atoms with E-state index < -0.39 is 22.9 Å². The van der Waals surface area contributed by atoms with Crippen LogP contribution in [0, 0.1) is 11.7 Å². The molecule has 1 unspecified atom stereocenters. The molecule has 17 heavy (non-hydrogen) atoms. The molecular weight excluding hydrogens is 245 g/mol. The highest BCUT2D eigenvalue weighted by atomic mass is 32.2. The van der Waals surface area contributed by atoms with Gasteiger partial charge in [-0.25, -0.2) is 4.39 Å². The number of halogens is 1. The van der Waals surface area contributed by atoms with E-state index in [-0.39, 0.29) is 11.4 Å². The molecule has 0 aliphatic heterocycles. The molecule has 6 heteroatoms. The Morgan fingerprint density at radius 3 is 2.71 bits per heavy atom. The lowest BCUT2D eigenvalue weighted by atomic mass is 10.2. The fourth-order valence-corrected chi connectivity index (χ4v) is 1.71. The van der Waals surface area contributed by atoms with E-state index in [0.29, 0.717) is 0 Å². The summed E-state index contributed by atoms with van der Waals surface area (Å²) in [6.45, 7) is 1.51. The molecule has 0 bridgehead atoms. The predicted molar refractivity (Wildman–Crippen MR) is 64.7 cm³/mol. The van der Waals surface area contributed by atoms with E-state index in [1.165, 1.54) is 25.1 Å². The lowest BCUT2D eigenvalue weighted by Gasteiger charge is -2.07. The minimum Gasteiger partial charge on any atom is -0.481 e. The van der Waals surface area contributed by atoms with Crippen molar-refractivity contribution in [3.63, 3.8) is 0 Å². The van der Waals surface area contributed by atoms with Crippen molar-refractivity contribution in [3.8, 4) is 0 Å². The Morgan fingerprint density at radius 2 is 2.12 bits per heavy atom. The molecular formula is C11H12FNO3S. The Kier molecular flexibility index (Phi) is 4.96. The Balaban J connectivity index is 2.46. The molecule has 0 radical (unpaired) electrons. The Labute approximate surface area is 102 Å². The minimum atomic E-state index is -0.962. The van der Waals surface area contributed by atoms with Crippen LogP contribution in [0.4, 0.5) is 14.9 Å². The van der Waals surface area contributed by atoms with Gasteiger partial charge in [0, 0.05) is 5.75 Å². The normalized spacial score (nSPS) is 11.9. The average Bonchev–Trinajstić information content (AvgIpc) is 2.29. The van der Waals surface area contributed by atoms with Crippen LogP contribution in [0.25, 0.3) is 0 Å². The highest BCUT2D eigenvalue weighted by Crippen LogP contribution is 2.17. The van der Waals surface area contributed by atoms with Crippen molar-refractivity contribution in [2.24, 2.45) is 5.92 Å². The van der Waals surface area contributed by atoms with E-state index in [1.807, 2.05) is 0 Å². The second kappa shape index (κ2) is 6.24. The molecule has 1 aromatic rings. The fourth-order valence-electron chi connectivity index (χ4n) is 0.981. The number of amides is 1. The lowest BCUT2D eigenvalue weighted by Crippen LogP contribution is -2.15. The molecule has 0 saturated heterocycles. The number of carbonyl (C=O) groups excluding carboxylic acids is 1. The van der Waals surface area contributed by atoms with E-state index in [9.17, 15) is 14.0 Å². The number of thioether (sulfide) groups is 1. The summed E-state index contributed by atoms with van der Waals surface area (Å²) in [6, 6.07) is 5.79. The van der Waals surface area contributed by atoms with E-state index in [2.05, 4.69) is 5.32 Å². The molecule has 0 heterocycles. The first-order valence-electron chi connectivity index (χ1n) is 4.92. The van der Waals surface area contributed by atoms with Crippen LogP contribution in [-0.4, -0.2) is 22.1 Å². The summed E-state index contributed by atoms with van der Waals surface area (Å²) in [7, 11) is 0. The molecule has 0 aliphatic rings. The van der Waals surface area contributed by atoms with Gasteiger partial charge < -0.3 is 10.4 Å². The van der Waals surface area contributed by atoms with Crippen molar-refractivity contribution >= 4 is 28.7 Å². The van der Waals surface area contributed by atoms with Crippen molar-refractivity contribution in [1.29, 1.82) is 0 Å². The quantitative estimate of drug-likeness (QED) is 0.870. The third kappa shape index (κ3) is 4.44. The number of hydrogen-bond donors (Lipinski definition) is 2. The van der Waals surface area contributed by atoms with Gasteiger partial charge in [-0.2, -0.15) is 0 Å². The van der Waals surface area contributed by atoms with Crippen molar-refractivity contribution < 1.29 is 19.1 Å². The summed E-state index contributed by atoms with van der Waals surface area (Å²) < 4.78 is 13.2. The van der Waals surface area contributed by atoms with Gasteiger partial charge >= 0.3 is 5.97 Å². The van der Waals surface area contributed by atoms with Gasteiger partial charge in [0.25, 0.3) is 5.24 Å². The van der Waals surface area contributed by atoms with Crippen LogP contribution >= 0.6 is 11.8 Å². The Morgan fingerprint density at radius 1 is 1.47 bits per heavy atom. The third-order valence-corrected chi connectivity index (χ3v) is 3.03. The summed E-state index contributed by atoms with van der Waals surface area (Å²) in [5, 5.41) is 10.5. The maximum Gasteiger partial charge on any atom is 0.307 e. The first-order chi connectivity index (χ1) is 8.00. The number of benzene rings is 1. The van der Waals surface area contributed by atoms with E-state index in [0.717, 1.165) is 11.8 Å². The number of rotatable bonds is 4. The first-order valence-corrected chi connectivity index (χ1v) is 5.90. The summed E-state index contributed by atoms with van der Waals surface area (Å²) in [5.74, 6) is -1.95. The highest BCUT2D eigenvalue weighted by Gasteiger charge is 2.14.